The summed E-state index contributed by atoms with van der Waals surface area (Å²) in [5.74, 6) is -1.07. The number of carboxylic acid groups (broad SMARTS) is 1. The van der Waals surface area contributed by atoms with Crippen LogP contribution < -0.4 is 5.73 Å². The first-order valence-corrected chi connectivity index (χ1v) is 3.98. The van der Waals surface area contributed by atoms with E-state index in [0.717, 1.165) is 0 Å². The van der Waals surface area contributed by atoms with Gasteiger partial charge in [0.15, 0.2) is 0 Å². The molecule has 72 valence electrons. The molecular weight excluding hydrogens is 182 g/mol. The number of hydrogen-bond donors (Lipinski definition) is 2. The zero-order valence-electron chi connectivity index (χ0n) is 7.34. The van der Waals surface area contributed by atoms with E-state index in [-0.39, 0.29) is 12.1 Å². The Morgan fingerprint density at radius 3 is 3.00 bits per heavy atom. The molecule has 1 unspecified atom stereocenters. The summed E-state index contributed by atoms with van der Waals surface area (Å²) in [6.07, 6.45) is 0.130. The minimum Gasteiger partial charge on any atom is -0.480 e. The van der Waals surface area contributed by atoms with Crippen molar-refractivity contribution in [1.29, 1.82) is 5.26 Å². The number of carbonyl (C=O) groups is 1. The molecule has 1 aromatic rings. The molecule has 1 aromatic heterocycles. The lowest BCUT2D eigenvalue weighted by Crippen LogP contribution is -2.32. The van der Waals surface area contributed by atoms with E-state index in [4.69, 9.17) is 16.1 Å². The number of nitrogens with two attached hydrogens (primary N) is 1. The van der Waals surface area contributed by atoms with Crippen LogP contribution in [0.2, 0.25) is 0 Å². The van der Waals surface area contributed by atoms with Crippen LogP contribution in [0.4, 0.5) is 0 Å². The van der Waals surface area contributed by atoms with Crippen LogP contribution in [0.1, 0.15) is 11.4 Å². The predicted molar refractivity (Wildman–Crippen MR) is 48.3 cm³/mol. The lowest BCUT2D eigenvalue weighted by atomic mass is 10.1. The highest BCUT2D eigenvalue weighted by atomic mass is 16.4. The van der Waals surface area contributed by atoms with Crippen LogP contribution in [0.15, 0.2) is 18.2 Å². The summed E-state index contributed by atoms with van der Waals surface area (Å²) >= 11 is 0. The second kappa shape index (κ2) is 4.35. The van der Waals surface area contributed by atoms with Gasteiger partial charge in [-0.2, -0.15) is 5.26 Å². The van der Waals surface area contributed by atoms with Crippen molar-refractivity contribution < 1.29 is 9.90 Å². The van der Waals surface area contributed by atoms with Gasteiger partial charge in [0, 0.05) is 12.1 Å². The Labute approximate surface area is 80.8 Å². The van der Waals surface area contributed by atoms with Crippen LogP contribution in [-0.4, -0.2) is 22.1 Å². The highest BCUT2D eigenvalue weighted by Gasteiger charge is 2.12. The van der Waals surface area contributed by atoms with Gasteiger partial charge in [-0.1, -0.05) is 6.07 Å². The fourth-order valence-corrected chi connectivity index (χ4v) is 0.968. The second-order valence-electron chi connectivity index (χ2n) is 2.77. The summed E-state index contributed by atoms with van der Waals surface area (Å²) in [4.78, 5) is 14.3. The molecule has 0 saturated heterocycles. The van der Waals surface area contributed by atoms with E-state index in [2.05, 4.69) is 4.98 Å². The van der Waals surface area contributed by atoms with Crippen molar-refractivity contribution in [1.82, 2.24) is 4.98 Å². The first kappa shape index (κ1) is 10.2. The number of rotatable bonds is 3. The molecule has 1 rings (SSSR count). The Kier molecular flexibility index (Phi) is 3.15. The van der Waals surface area contributed by atoms with Crippen LogP contribution in [-0.2, 0) is 11.2 Å². The summed E-state index contributed by atoms with van der Waals surface area (Å²) < 4.78 is 0. The molecule has 5 nitrogen and oxygen atoms in total. The molecule has 14 heavy (non-hydrogen) atoms. The molecule has 0 aliphatic carbocycles. The summed E-state index contributed by atoms with van der Waals surface area (Å²) in [5, 5.41) is 17.1. The second-order valence-corrected chi connectivity index (χ2v) is 2.77. The van der Waals surface area contributed by atoms with Crippen molar-refractivity contribution in [3.05, 3.63) is 29.6 Å². The minimum atomic E-state index is -1.07. The maximum atomic E-state index is 10.4. The third-order valence-electron chi connectivity index (χ3n) is 1.67. The number of aromatic nitrogens is 1. The van der Waals surface area contributed by atoms with Gasteiger partial charge in [0.1, 0.15) is 17.8 Å². The molecule has 0 aliphatic heterocycles. The van der Waals surface area contributed by atoms with Crippen LogP contribution in [0.25, 0.3) is 0 Å². The third-order valence-corrected chi connectivity index (χ3v) is 1.67. The highest BCUT2D eigenvalue weighted by molar-refractivity contribution is 5.73. The SMILES string of the molecule is N#Cc1cccc(CC(N)C(=O)O)n1. The first-order valence-electron chi connectivity index (χ1n) is 3.98. The van der Waals surface area contributed by atoms with Gasteiger partial charge in [0.25, 0.3) is 0 Å². The van der Waals surface area contributed by atoms with E-state index in [1.165, 1.54) is 0 Å². The van der Waals surface area contributed by atoms with Crippen molar-refractivity contribution in [3.8, 4) is 6.07 Å². The fraction of sp³-hybridized carbons (Fsp3) is 0.222. The molecule has 0 fully saturated rings. The van der Waals surface area contributed by atoms with Gasteiger partial charge in [-0.3, -0.25) is 4.79 Å². The van der Waals surface area contributed by atoms with E-state index in [1.54, 1.807) is 18.2 Å². The van der Waals surface area contributed by atoms with Crippen LogP contribution in [0.5, 0.6) is 0 Å². The number of pyridine rings is 1. The van der Waals surface area contributed by atoms with Gasteiger partial charge >= 0.3 is 5.97 Å². The standard InChI is InChI=1S/C9H9N3O2/c10-5-7-3-1-2-6(12-7)4-8(11)9(13)14/h1-3,8H,4,11H2,(H,13,14). The van der Waals surface area contributed by atoms with E-state index in [0.29, 0.717) is 5.69 Å². The Balaban J connectivity index is 2.78. The van der Waals surface area contributed by atoms with Gasteiger partial charge < -0.3 is 10.8 Å². The molecule has 0 radical (unpaired) electrons. The zero-order chi connectivity index (χ0) is 10.6. The van der Waals surface area contributed by atoms with Gasteiger partial charge in [0.2, 0.25) is 0 Å². The summed E-state index contributed by atoms with van der Waals surface area (Å²) in [7, 11) is 0. The summed E-state index contributed by atoms with van der Waals surface area (Å²) in [5.41, 5.74) is 6.09. The molecule has 0 aliphatic rings. The Morgan fingerprint density at radius 1 is 1.71 bits per heavy atom. The normalized spacial score (nSPS) is 11.7. The number of aliphatic carboxylic acids is 1. The smallest absolute Gasteiger partial charge is 0.320 e. The zero-order valence-corrected chi connectivity index (χ0v) is 7.34. The van der Waals surface area contributed by atoms with E-state index in [9.17, 15) is 4.79 Å². The van der Waals surface area contributed by atoms with Crippen LogP contribution >= 0.6 is 0 Å². The van der Waals surface area contributed by atoms with Crippen molar-refractivity contribution in [2.45, 2.75) is 12.5 Å². The molecule has 0 saturated carbocycles. The molecule has 0 amide bonds. The van der Waals surface area contributed by atoms with Crippen LogP contribution in [0.3, 0.4) is 0 Å². The Hall–Kier alpha value is -1.93. The van der Waals surface area contributed by atoms with E-state index in [1.807, 2.05) is 6.07 Å². The quantitative estimate of drug-likeness (QED) is 0.695. The molecule has 0 aromatic carbocycles. The lowest BCUT2D eigenvalue weighted by Gasteiger charge is -2.04. The van der Waals surface area contributed by atoms with Crippen molar-refractivity contribution in [2.75, 3.05) is 0 Å². The summed E-state index contributed by atoms with van der Waals surface area (Å²) in [6.45, 7) is 0. The topological polar surface area (TPSA) is 100 Å². The van der Waals surface area contributed by atoms with Crippen LogP contribution in [0, 0.1) is 11.3 Å². The highest BCUT2D eigenvalue weighted by Crippen LogP contribution is 2.01. The van der Waals surface area contributed by atoms with Gasteiger partial charge in [-0.05, 0) is 12.1 Å². The lowest BCUT2D eigenvalue weighted by molar-refractivity contribution is -0.138. The molecule has 1 heterocycles. The maximum Gasteiger partial charge on any atom is 0.320 e. The van der Waals surface area contributed by atoms with Crippen molar-refractivity contribution in [3.63, 3.8) is 0 Å². The van der Waals surface area contributed by atoms with Gasteiger partial charge in [0.05, 0.1) is 0 Å². The fourth-order valence-electron chi connectivity index (χ4n) is 0.968. The molecule has 0 bridgehead atoms. The Bertz CT molecular complexity index is 384. The molecule has 3 N–H and O–H groups in total. The van der Waals surface area contributed by atoms with E-state index >= 15 is 0 Å². The first-order chi connectivity index (χ1) is 6.63. The maximum absolute atomic E-state index is 10.4. The monoisotopic (exact) mass is 191 g/mol. The van der Waals surface area contributed by atoms with Gasteiger partial charge in [-0.25, -0.2) is 4.98 Å². The average molecular weight is 191 g/mol. The molecule has 5 heteroatoms. The number of nitrogens with zero attached hydrogens (tertiary/aromatic N) is 2. The summed E-state index contributed by atoms with van der Waals surface area (Å²) in [6, 6.07) is 5.74. The number of hydrogen-bond acceptors (Lipinski definition) is 4. The number of nitriles is 1. The Morgan fingerprint density at radius 2 is 2.43 bits per heavy atom. The predicted octanol–water partition coefficient (Wildman–Crippen LogP) is -0.0923. The number of carboxylic acids is 1. The molecule has 0 spiro atoms. The largest absolute Gasteiger partial charge is 0.480 e. The molecular formula is C9H9N3O2. The van der Waals surface area contributed by atoms with Gasteiger partial charge in [-0.15, -0.1) is 0 Å². The van der Waals surface area contributed by atoms with Crippen molar-refractivity contribution >= 4 is 5.97 Å². The minimum absolute atomic E-state index is 0.130. The molecule has 1 atom stereocenters. The average Bonchev–Trinajstić information content (AvgIpc) is 2.18. The third kappa shape index (κ3) is 2.54. The van der Waals surface area contributed by atoms with Crippen molar-refractivity contribution in [2.24, 2.45) is 5.73 Å². The van der Waals surface area contributed by atoms with E-state index < -0.39 is 12.0 Å².